The standard InChI is InChI=1S/C17H20N2O5S.ClH/c1-2-3-9-19-14-10-12(17(20)21)11-15(25(18,22)23)16(14)24-13-7-5-4-6-8-13;/h4-8,10-11,19H,2-3,9H2,1H3,(H,20,21)(H2,18,22,23);1H. The Morgan fingerprint density at radius 1 is 1.23 bits per heavy atom. The second-order valence-electron chi connectivity index (χ2n) is 5.40. The van der Waals surface area contributed by atoms with Gasteiger partial charge in [-0.25, -0.2) is 18.4 Å². The molecule has 4 N–H and O–H groups in total. The number of nitrogens with two attached hydrogens (primary N) is 1. The van der Waals surface area contributed by atoms with E-state index in [2.05, 4.69) is 5.32 Å². The van der Waals surface area contributed by atoms with Crippen molar-refractivity contribution in [2.45, 2.75) is 24.7 Å². The van der Waals surface area contributed by atoms with Gasteiger partial charge in [-0.15, -0.1) is 12.4 Å². The van der Waals surface area contributed by atoms with Crippen molar-refractivity contribution >= 4 is 34.1 Å². The van der Waals surface area contributed by atoms with E-state index in [0.717, 1.165) is 18.9 Å². The fraction of sp³-hybridized carbons (Fsp3) is 0.235. The summed E-state index contributed by atoms with van der Waals surface area (Å²) < 4.78 is 29.7. The van der Waals surface area contributed by atoms with Crippen molar-refractivity contribution in [3.05, 3.63) is 48.0 Å². The number of sulfonamides is 1. The lowest BCUT2D eigenvalue weighted by Gasteiger charge is -2.17. The number of nitrogens with one attached hydrogen (secondary N) is 1. The van der Waals surface area contributed by atoms with E-state index in [9.17, 15) is 18.3 Å². The largest absolute Gasteiger partial charge is 0.478 e. The van der Waals surface area contributed by atoms with Gasteiger partial charge >= 0.3 is 5.97 Å². The maximum absolute atomic E-state index is 12.0. The Labute approximate surface area is 158 Å². The molecule has 0 aliphatic heterocycles. The van der Waals surface area contributed by atoms with Crippen LogP contribution in [0.3, 0.4) is 0 Å². The number of hydrogen-bond acceptors (Lipinski definition) is 5. The number of carboxylic acid groups (broad SMARTS) is 1. The lowest BCUT2D eigenvalue weighted by molar-refractivity contribution is 0.0696. The number of carboxylic acids is 1. The Bertz CT molecular complexity index is 857. The molecule has 0 spiro atoms. The molecule has 2 rings (SSSR count). The Balaban J connectivity index is 0.00000338. The van der Waals surface area contributed by atoms with E-state index in [1.54, 1.807) is 30.3 Å². The number of aromatic carboxylic acids is 1. The number of ether oxygens (including phenoxy) is 1. The number of primary sulfonamides is 1. The van der Waals surface area contributed by atoms with Crippen LogP contribution in [0, 0.1) is 0 Å². The van der Waals surface area contributed by atoms with Crippen LogP contribution in [0.5, 0.6) is 11.5 Å². The summed E-state index contributed by atoms with van der Waals surface area (Å²) in [4.78, 5) is 10.9. The summed E-state index contributed by atoms with van der Waals surface area (Å²) in [5, 5.41) is 17.6. The van der Waals surface area contributed by atoms with Crippen LogP contribution in [0.4, 0.5) is 5.69 Å². The molecule has 0 atom stereocenters. The highest BCUT2D eigenvalue weighted by molar-refractivity contribution is 7.89. The molecule has 2 aromatic rings. The number of rotatable bonds is 8. The third kappa shape index (κ3) is 5.62. The number of carbonyl (C=O) groups is 1. The van der Waals surface area contributed by atoms with E-state index in [0.29, 0.717) is 12.3 Å². The van der Waals surface area contributed by atoms with Crippen LogP contribution in [0.1, 0.15) is 30.1 Å². The molecular formula is C17H21ClN2O5S. The molecule has 0 unspecified atom stereocenters. The van der Waals surface area contributed by atoms with Gasteiger partial charge < -0.3 is 15.2 Å². The minimum atomic E-state index is -4.19. The van der Waals surface area contributed by atoms with Crippen molar-refractivity contribution in [1.29, 1.82) is 0 Å². The summed E-state index contributed by atoms with van der Waals surface area (Å²) in [7, 11) is -4.19. The van der Waals surface area contributed by atoms with Crippen LogP contribution >= 0.6 is 12.4 Å². The number of unbranched alkanes of at least 4 members (excludes halogenated alkanes) is 1. The van der Waals surface area contributed by atoms with E-state index in [-0.39, 0.29) is 34.3 Å². The molecule has 0 amide bonds. The summed E-state index contributed by atoms with van der Waals surface area (Å²) in [6.45, 7) is 2.54. The molecule has 0 fully saturated rings. The predicted octanol–water partition coefficient (Wildman–Crippen LogP) is 3.46. The van der Waals surface area contributed by atoms with E-state index >= 15 is 0 Å². The molecule has 0 bridgehead atoms. The van der Waals surface area contributed by atoms with Gasteiger partial charge in [-0.05, 0) is 30.7 Å². The summed E-state index contributed by atoms with van der Waals surface area (Å²) in [6, 6.07) is 10.9. The lowest BCUT2D eigenvalue weighted by Crippen LogP contribution is -2.16. The first-order valence-corrected chi connectivity index (χ1v) is 9.28. The topological polar surface area (TPSA) is 119 Å². The number of halogens is 1. The highest BCUT2D eigenvalue weighted by Crippen LogP contribution is 2.37. The van der Waals surface area contributed by atoms with Crippen molar-refractivity contribution in [2.24, 2.45) is 5.14 Å². The second kappa shape index (κ2) is 9.42. The number of para-hydroxylation sites is 1. The van der Waals surface area contributed by atoms with E-state index in [1.807, 2.05) is 6.92 Å². The third-order valence-electron chi connectivity index (χ3n) is 3.42. The van der Waals surface area contributed by atoms with Crippen LogP contribution in [0.25, 0.3) is 0 Å². The van der Waals surface area contributed by atoms with Gasteiger partial charge in [0.1, 0.15) is 10.6 Å². The van der Waals surface area contributed by atoms with Crippen molar-refractivity contribution in [1.82, 2.24) is 0 Å². The maximum Gasteiger partial charge on any atom is 0.335 e. The zero-order chi connectivity index (χ0) is 18.4. The highest BCUT2D eigenvalue weighted by Gasteiger charge is 2.23. The Hall–Kier alpha value is -2.29. The summed E-state index contributed by atoms with van der Waals surface area (Å²) in [6.07, 6.45) is 1.75. The number of benzene rings is 2. The Morgan fingerprint density at radius 3 is 2.42 bits per heavy atom. The molecule has 0 heterocycles. The molecule has 0 saturated heterocycles. The minimum absolute atomic E-state index is 0. The first-order valence-electron chi connectivity index (χ1n) is 7.74. The van der Waals surface area contributed by atoms with Crippen molar-refractivity contribution in [3.63, 3.8) is 0 Å². The molecule has 0 radical (unpaired) electrons. The highest BCUT2D eigenvalue weighted by atomic mass is 35.5. The Kier molecular flexibility index (Phi) is 7.88. The average Bonchev–Trinajstić information content (AvgIpc) is 2.56. The summed E-state index contributed by atoms with van der Waals surface area (Å²) in [5.74, 6) is -0.862. The third-order valence-corrected chi connectivity index (χ3v) is 4.33. The fourth-order valence-electron chi connectivity index (χ4n) is 2.18. The molecule has 0 saturated carbocycles. The number of hydrogen-bond donors (Lipinski definition) is 3. The van der Waals surface area contributed by atoms with Gasteiger partial charge in [0.05, 0.1) is 11.3 Å². The SMILES string of the molecule is CCCCNc1cc(C(=O)O)cc(S(N)(=O)=O)c1Oc1ccccc1.Cl. The van der Waals surface area contributed by atoms with Crippen LogP contribution < -0.4 is 15.2 Å². The van der Waals surface area contributed by atoms with Crippen LogP contribution in [-0.4, -0.2) is 26.0 Å². The first-order chi connectivity index (χ1) is 11.8. The van der Waals surface area contributed by atoms with Gasteiger partial charge in [-0.2, -0.15) is 0 Å². The van der Waals surface area contributed by atoms with Crippen molar-refractivity contribution in [2.75, 3.05) is 11.9 Å². The van der Waals surface area contributed by atoms with Crippen LogP contribution in [-0.2, 0) is 10.0 Å². The zero-order valence-corrected chi connectivity index (χ0v) is 15.8. The molecule has 0 aromatic heterocycles. The first kappa shape index (κ1) is 21.8. The molecular weight excluding hydrogens is 380 g/mol. The van der Waals surface area contributed by atoms with Crippen LogP contribution in [0.15, 0.2) is 47.4 Å². The minimum Gasteiger partial charge on any atom is -0.478 e. The molecule has 7 nitrogen and oxygen atoms in total. The quantitative estimate of drug-likeness (QED) is 0.584. The van der Waals surface area contributed by atoms with Gasteiger partial charge in [-0.1, -0.05) is 31.5 Å². The maximum atomic E-state index is 12.0. The predicted molar refractivity (Wildman–Crippen MR) is 102 cm³/mol. The van der Waals surface area contributed by atoms with E-state index in [1.165, 1.54) is 6.07 Å². The molecule has 0 aliphatic rings. The van der Waals surface area contributed by atoms with Crippen molar-refractivity contribution in [3.8, 4) is 11.5 Å². The second-order valence-corrected chi connectivity index (χ2v) is 6.93. The fourth-order valence-corrected chi connectivity index (χ4v) is 2.88. The molecule has 2 aromatic carbocycles. The monoisotopic (exact) mass is 400 g/mol. The van der Waals surface area contributed by atoms with Crippen molar-refractivity contribution < 1.29 is 23.1 Å². The normalized spacial score (nSPS) is 10.7. The van der Waals surface area contributed by atoms with E-state index in [4.69, 9.17) is 9.88 Å². The van der Waals surface area contributed by atoms with Gasteiger partial charge in [0, 0.05) is 6.54 Å². The lowest BCUT2D eigenvalue weighted by atomic mass is 10.1. The van der Waals surface area contributed by atoms with Gasteiger partial charge in [0.25, 0.3) is 0 Å². The molecule has 142 valence electrons. The molecule has 0 aliphatic carbocycles. The number of anilines is 1. The smallest absolute Gasteiger partial charge is 0.335 e. The Morgan fingerprint density at radius 2 is 1.88 bits per heavy atom. The molecule has 26 heavy (non-hydrogen) atoms. The van der Waals surface area contributed by atoms with Gasteiger partial charge in [-0.3, -0.25) is 0 Å². The molecule has 9 heteroatoms. The average molecular weight is 401 g/mol. The van der Waals surface area contributed by atoms with Gasteiger partial charge in [0.2, 0.25) is 10.0 Å². The van der Waals surface area contributed by atoms with Crippen LogP contribution in [0.2, 0.25) is 0 Å². The van der Waals surface area contributed by atoms with Gasteiger partial charge in [0.15, 0.2) is 5.75 Å². The summed E-state index contributed by atoms with van der Waals surface area (Å²) >= 11 is 0. The summed E-state index contributed by atoms with van der Waals surface area (Å²) in [5.41, 5.74) is 0.0738. The zero-order valence-electron chi connectivity index (χ0n) is 14.1. The van der Waals surface area contributed by atoms with E-state index < -0.39 is 16.0 Å².